The summed E-state index contributed by atoms with van der Waals surface area (Å²) in [6.07, 6.45) is 2.05. The maximum Gasteiger partial charge on any atom is 0.213 e. The summed E-state index contributed by atoms with van der Waals surface area (Å²) in [5.41, 5.74) is 7.09. The van der Waals surface area contributed by atoms with Crippen molar-refractivity contribution in [3.05, 3.63) is 71.8 Å². The number of carbonyl (C=O) groups excluding carboxylic acids is 1. The summed E-state index contributed by atoms with van der Waals surface area (Å²) in [5, 5.41) is 0. The first-order chi connectivity index (χ1) is 14.2. The van der Waals surface area contributed by atoms with Crippen LogP contribution in [0, 0.1) is 16.7 Å². The van der Waals surface area contributed by atoms with Gasteiger partial charge < -0.3 is 5.73 Å². The van der Waals surface area contributed by atoms with E-state index >= 15 is 0 Å². The molecule has 160 valence electrons. The van der Waals surface area contributed by atoms with Crippen LogP contribution in [0.25, 0.3) is 0 Å². The van der Waals surface area contributed by atoms with Gasteiger partial charge in [-0.2, -0.15) is 0 Å². The number of sulfonamides is 1. The van der Waals surface area contributed by atoms with Crippen molar-refractivity contribution in [3.63, 3.8) is 0 Å². The van der Waals surface area contributed by atoms with Crippen molar-refractivity contribution < 1.29 is 13.2 Å². The largest absolute Gasteiger partial charge is 0.322 e. The Hall–Kier alpha value is -2.02. The molecular weight excluding hydrogens is 396 g/mol. The first-order valence-corrected chi connectivity index (χ1v) is 12.2. The quantitative estimate of drug-likeness (QED) is 0.706. The highest BCUT2D eigenvalue weighted by atomic mass is 32.2. The molecule has 0 aromatic heterocycles. The number of nitrogens with two attached hydrogens (primary N) is 1. The van der Waals surface area contributed by atoms with Crippen LogP contribution in [0.1, 0.15) is 56.3 Å². The lowest BCUT2D eigenvalue weighted by atomic mass is 9.70. The summed E-state index contributed by atoms with van der Waals surface area (Å²) >= 11 is 0. The van der Waals surface area contributed by atoms with E-state index in [2.05, 4.69) is 18.6 Å². The first-order valence-electron chi connectivity index (χ1n) is 10.6. The molecule has 2 aliphatic rings. The number of hydrogen-bond donors (Lipinski definition) is 2. The van der Waals surface area contributed by atoms with E-state index in [1.807, 2.05) is 60.7 Å². The lowest BCUT2D eigenvalue weighted by Crippen LogP contribution is -2.47. The van der Waals surface area contributed by atoms with Gasteiger partial charge in [-0.05, 0) is 35.3 Å². The zero-order valence-corrected chi connectivity index (χ0v) is 18.4. The Balaban J connectivity index is 1.65. The molecule has 30 heavy (non-hydrogen) atoms. The van der Waals surface area contributed by atoms with Crippen LogP contribution in [0.5, 0.6) is 0 Å². The van der Waals surface area contributed by atoms with E-state index in [1.165, 1.54) is 0 Å². The van der Waals surface area contributed by atoms with Gasteiger partial charge in [0.1, 0.15) is 5.78 Å². The number of hydrogen-bond acceptors (Lipinski definition) is 4. The van der Waals surface area contributed by atoms with Gasteiger partial charge in [-0.25, -0.2) is 13.1 Å². The van der Waals surface area contributed by atoms with E-state index < -0.39 is 27.5 Å². The first kappa shape index (κ1) is 21.2. The molecule has 0 spiro atoms. The number of carbonyl (C=O) groups is 1. The number of fused-ring (bicyclic) bond motifs is 2. The van der Waals surface area contributed by atoms with Crippen molar-refractivity contribution in [1.82, 2.24) is 4.72 Å². The van der Waals surface area contributed by atoms with Crippen molar-refractivity contribution in [2.75, 3.05) is 5.75 Å². The Bertz CT molecular complexity index is 1020. The lowest BCUT2D eigenvalue weighted by molar-refractivity contribution is -0.128. The fourth-order valence-corrected chi connectivity index (χ4v) is 7.62. The van der Waals surface area contributed by atoms with Crippen LogP contribution in [0.4, 0.5) is 0 Å². The summed E-state index contributed by atoms with van der Waals surface area (Å²) in [6.45, 7) is 4.10. The molecule has 2 bridgehead atoms. The van der Waals surface area contributed by atoms with E-state index in [1.54, 1.807) is 0 Å². The molecule has 4 rings (SSSR count). The molecule has 5 nitrogen and oxygen atoms in total. The van der Waals surface area contributed by atoms with E-state index in [9.17, 15) is 13.2 Å². The Kier molecular flexibility index (Phi) is 5.37. The SMILES string of the molecule is CC1(C)[C@H]2CCC1(CS(=O)(=O)N[C@@H](c1ccccc1)[C@@H](N)c1ccccc1)C(=O)C2. The molecule has 4 atom stereocenters. The molecule has 2 aliphatic carbocycles. The highest BCUT2D eigenvalue weighted by Gasteiger charge is 2.65. The number of rotatable bonds is 7. The van der Waals surface area contributed by atoms with Gasteiger partial charge in [0.2, 0.25) is 10.0 Å². The lowest BCUT2D eigenvalue weighted by Gasteiger charge is -2.37. The van der Waals surface area contributed by atoms with E-state index in [4.69, 9.17) is 5.73 Å². The Labute approximate surface area is 179 Å². The Morgan fingerprint density at radius 1 is 1.03 bits per heavy atom. The standard InChI is InChI=1S/C24H30N2O3S/c1-23(2)19-13-14-24(23,20(27)15-19)16-30(28,29)26-22(18-11-7-4-8-12-18)21(25)17-9-5-3-6-10-17/h3-12,19,21-22,26H,13-16,25H2,1-2H3/t19-,21-,22-,24?/m0/s1. The van der Waals surface area contributed by atoms with E-state index in [0.717, 1.165) is 17.5 Å². The topological polar surface area (TPSA) is 89.3 Å². The van der Waals surface area contributed by atoms with Crippen LogP contribution >= 0.6 is 0 Å². The normalized spacial score (nSPS) is 27.2. The minimum atomic E-state index is -3.76. The Morgan fingerprint density at radius 3 is 2.10 bits per heavy atom. The number of ketones is 1. The monoisotopic (exact) mass is 426 g/mol. The van der Waals surface area contributed by atoms with Gasteiger partial charge in [0.05, 0.1) is 17.8 Å². The number of Topliss-reactive ketones (excluding diaryl/α,β-unsaturated/α-hetero) is 1. The zero-order chi connectivity index (χ0) is 21.6. The molecular formula is C24H30N2O3S. The Morgan fingerprint density at radius 2 is 1.60 bits per heavy atom. The molecule has 2 saturated carbocycles. The molecule has 0 aliphatic heterocycles. The van der Waals surface area contributed by atoms with Gasteiger partial charge in [0.25, 0.3) is 0 Å². The maximum atomic E-state index is 13.4. The summed E-state index contributed by atoms with van der Waals surface area (Å²) in [7, 11) is -3.76. The van der Waals surface area contributed by atoms with Gasteiger partial charge in [-0.3, -0.25) is 4.79 Å². The predicted octanol–water partition coefficient (Wildman–Crippen LogP) is 3.74. The zero-order valence-electron chi connectivity index (χ0n) is 17.5. The van der Waals surface area contributed by atoms with Crippen LogP contribution in [0.3, 0.4) is 0 Å². The minimum Gasteiger partial charge on any atom is -0.322 e. The summed E-state index contributed by atoms with van der Waals surface area (Å²) in [5.74, 6) is 0.196. The van der Waals surface area contributed by atoms with Crippen LogP contribution in [-0.2, 0) is 14.8 Å². The van der Waals surface area contributed by atoms with Gasteiger partial charge in [-0.15, -0.1) is 0 Å². The van der Waals surface area contributed by atoms with Crippen LogP contribution in [-0.4, -0.2) is 20.0 Å². The molecule has 0 radical (unpaired) electrons. The average molecular weight is 427 g/mol. The number of benzene rings is 2. The van der Waals surface area contributed by atoms with Crippen molar-refractivity contribution in [3.8, 4) is 0 Å². The predicted molar refractivity (Wildman–Crippen MR) is 118 cm³/mol. The van der Waals surface area contributed by atoms with Crippen molar-refractivity contribution in [1.29, 1.82) is 0 Å². The molecule has 2 aromatic carbocycles. The summed E-state index contributed by atoms with van der Waals surface area (Å²) in [6, 6.07) is 17.7. The van der Waals surface area contributed by atoms with E-state index in [0.29, 0.717) is 12.8 Å². The highest BCUT2D eigenvalue weighted by Crippen LogP contribution is 2.64. The van der Waals surface area contributed by atoms with Gasteiger partial charge in [-0.1, -0.05) is 74.5 Å². The second-order valence-electron chi connectivity index (χ2n) is 9.37. The minimum absolute atomic E-state index is 0.0951. The molecule has 0 heterocycles. The van der Waals surface area contributed by atoms with Gasteiger partial charge >= 0.3 is 0 Å². The molecule has 6 heteroatoms. The molecule has 3 N–H and O–H groups in total. The highest BCUT2D eigenvalue weighted by molar-refractivity contribution is 7.89. The summed E-state index contributed by atoms with van der Waals surface area (Å²) in [4.78, 5) is 12.8. The smallest absolute Gasteiger partial charge is 0.213 e. The van der Waals surface area contributed by atoms with Crippen molar-refractivity contribution >= 4 is 15.8 Å². The van der Waals surface area contributed by atoms with Gasteiger partial charge in [0, 0.05) is 11.8 Å². The van der Waals surface area contributed by atoms with Crippen LogP contribution in [0.2, 0.25) is 0 Å². The third-order valence-electron chi connectivity index (χ3n) is 7.58. The second-order valence-corrected chi connectivity index (χ2v) is 11.1. The fourth-order valence-electron chi connectivity index (χ4n) is 5.54. The number of nitrogens with one attached hydrogen (secondary N) is 1. The van der Waals surface area contributed by atoms with Gasteiger partial charge in [0.15, 0.2) is 0 Å². The maximum absolute atomic E-state index is 13.4. The molecule has 0 saturated heterocycles. The molecule has 2 fully saturated rings. The van der Waals surface area contributed by atoms with Crippen molar-refractivity contribution in [2.24, 2.45) is 22.5 Å². The van der Waals surface area contributed by atoms with Crippen LogP contribution < -0.4 is 10.5 Å². The van der Waals surface area contributed by atoms with Crippen LogP contribution in [0.15, 0.2) is 60.7 Å². The molecule has 1 unspecified atom stereocenters. The average Bonchev–Trinajstić information content (AvgIpc) is 3.07. The van der Waals surface area contributed by atoms with Crippen molar-refractivity contribution in [2.45, 2.75) is 45.2 Å². The molecule has 2 aromatic rings. The second kappa shape index (κ2) is 7.59. The summed E-state index contributed by atoms with van der Waals surface area (Å²) < 4.78 is 29.7. The third kappa shape index (κ3) is 3.51. The fraction of sp³-hybridized carbons (Fsp3) is 0.458. The third-order valence-corrected chi connectivity index (χ3v) is 9.07. The molecule has 0 amide bonds. The van der Waals surface area contributed by atoms with E-state index in [-0.39, 0.29) is 22.9 Å².